The molecule has 2 aromatic carbocycles. The number of methoxy groups -OCH3 is 1. The van der Waals surface area contributed by atoms with Gasteiger partial charge in [-0.3, -0.25) is 4.31 Å². The highest BCUT2D eigenvalue weighted by atomic mass is 32.2. The zero-order valence-corrected chi connectivity index (χ0v) is 12.4. The fourth-order valence-corrected chi connectivity index (χ4v) is 3.09. The number of halogens is 1. The lowest BCUT2D eigenvalue weighted by molar-refractivity contribution is 0.415. The molecule has 0 atom stereocenters. The molecule has 0 aromatic heterocycles. The van der Waals surface area contributed by atoms with Gasteiger partial charge in [0.2, 0.25) is 0 Å². The van der Waals surface area contributed by atoms with Crippen LogP contribution >= 0.6 is 0 Å². The smallest absolute Gasteiger partial charge is 0.264 e. The van der Waals surface area contributed by atoms with E-state index in [-0.39, 0.29) is 10.6 Å². The van der Waals surface area contributed by atoms with Gasteiger partial charge >= 0.3 is 0 Å². The molecular weight excluding hydrogens is 295 g/mol. The van der Waals surface area contributed by atoms with Gasteiger partial charge in [-0.05, 0) is 30.3 Å². The number of hydrogen-bond acceptors (Lipinski definition) is 4. The van der Waals surface area contributed by atoms with Crippen molar-refractivity contribution in [1.82, 2.24) is 0 Å². The van der Waals surface area contributed by atoms with Crippen LogP contribution in [0.15, 0.2) is 47.4 Å². The topological polar surface area (TPSA) is 72.6 Å². The standard InChI is InChI=1S/C14H15FN2O3S/c1-17(12-4-3-5-13(9-12)20-2)21(18,19)14-7-10(15)6-11(16)8-14/h3-9H,16H2,1-2H3. The lowest BCUT2D eigenvalue weighted by atomic mass is 10.3. The Morgan fingerprint density at radius 1 is 1.19 bits per heavy atom. The number of anilines is 2. The highest BCUT2D eigenvalue weighted by Gasteiger charge is 2.22. The molecule has 7 heteroatoms. The van der Waals surface area contributed by atoms with Crippen molar-refractivity contribution in [1.29, 1.82) is 0 Å². The van der Waals surface area contributed by atoms with E-state index in [2.05, 4.69) is 0 Å². The van der Waals surface area contributed by atoms with Crippen LogP contribution in [0, 0.1) is 5.82 Å². The Hall–Kier alpha value is -2.28. The van der Waals surface area contributed by atoms with Crippen LogP contribution < -0.4 is 14.8 Å². The van der Waals surface area contributed by atoms with Crippen LogP contribution in [0.4, 0.5) is 15.8 Å². The van der Waals surface area contributed by atoms with Gasteiger partial charge in [0.25, 0.3) is 10.0 Å². The van der Waals surface area contributed by atoms with Crippen LogP contribution in [0.3, 0.4) is 0 Å². The molecule has 5 nitrogen and oxygen atoms in total. The number of sulfonamides is 1. The predicted octanol–water partition coefficient (Wildman–Crippen LogP) is 2.24. The zero-order valence-electron chi connectivity index (χ0n) is 11.6. The van der Waals surface area contributed by atoms with E-state index < -0.39 is 15.8 Å². The molecule has 0 bridgehead atoms. The molecule has 0 aliphatic carbocycles. The minimum absolute atomic E-state index is 0.0487. The number of ether oxygens (including phenoxy) is 1. The third-order valence-electron chi connectivity index (χ3n) is 2.97. The number of benzene rings is 2. The molecule has 2 aromatic rings. The van der Waals surface area contributed by atoms with Crippen molar-refractivity contribution in [3.8, 4) is 5.75 Å². The first-order chi connectivity index (χ1) is 9.84. The Labute approximate surface area is 122 Å². The minimum atomic E-state index is -3.90. The third kappa shape index (κ3) is 3.08. The Morgan fingerprint density at radius 2 is 1.90 bits per heavy atom. The second-order valence-corrected chi connectivity index (χ2v) is 6.36. The number of nitrogens with zero attached hydrogens (tertiary/aromatic N) is 1. The first kappa shape index (κ1) is 15.1. The maximum atomic E-state index is 13.4. The summed E-state index contributed by atoms with van der Waals surface area (Å²) in [5.74, 6) is -0.180. The van der Waals surface area contributed by atoms with Crippen LogP contribution in [0.1, 0.15) is 0 Å². The minimum Gasteiger partial charge on any atom is -0.497 e. The van der Waals surface area contributed by atoms with Gasteiger partial charge < -0.3 is 10.5 Å². The molecule has 2 N–H and O–H groups in total. The molecule has 0 heterocycles. The van der Waals surface area contributed by atoms with E-state index in [1.54, 1.807) is 24.3 Å². The quantitative estimate of drug-likeness (QED) is 0.879. The van der Waals surface area contributed by atoms with E-state index in [9.17, 15) is 12.8 Å². The van der Waals surface area contributed by atoms with Crippen molar-refractivity contribution in [3.05, 3.63) is 48.3 Å². The average Bonchev–Trinajstić information content (AvgIpc) is 2.45. The van der Waals surface area contributed by atoms with Crippen LogP contribution in [-0.2, 0) is 10.0 Å². The molecule has 0 aliphatic heterocycles. The molecular formula is C14H15FN2O3S. The summed E-state index contributed by atoms with van der Waals surface area (Å²) in [6, 6.07) is 9.76. The SMILES string of the molecule is COc1cccc(N(C)S(=O)(=O)c2cc(N)cc(F)c2)c1. The summed E-state index contributed by atoms with van der Waals surface area (Å²) < 4.78 is 44.5. The number of rotatable bonds is 4. The first-order valence-corrected chi connectivity index (χ1v) is 7.47. The second kappa shape index (κ2) is 5.61. The van der Waals surface area contributed by atoms with Crippen LogP contribution in [0.2, 0.25) is 0 Å². The summed E-state index contributed by atoms with van der Waals surface area (Å²) in [7, 11) is -1.04. The monoisotopic (exact) mass is 310 g/mol. The first-order valence-electron chi connectivity index (χ1n) is 6.03. The van der Waals surface area contributed by atoms with Gasteiger partial charge in [0.05, 0.1) is 17.7 Å². The maximum absolute atomic E-state index is 13.4. The molecule has 0 aliphatic rings. The van der Waals surface area contributed by atoms with Gasteiger partial charge in [0.15, 0.2) is 0 Å². The molecule has 0 spiro atoms. The molecule has 2 rings (SSSR count). The number of hydrogen-bond donors (Lipinski definition) is 1. The molecule has 112 valence electrons. The molecule has 0 saturated heterocycles. The van der Waals surface area contributed by atoms with Gasteiger partial charge in [-0.2, -0.15) is 0 Å². The Bertz CT molecular complexity index is 742. The molecule has 0 fully saturated rings. The lowest BCUT2D eigenvalue weighted by Gasteiger charge is -2.20. The van der Waals surface area contributed by atoms with Crippen LogP contribution in [0.25, 0.3) is 0 Å². The van der Waals surface area contributed by atoms with Crippen molar-refractivity contribution in [3.63, 3.8) is 0 Å². The Kier molecular flexibility index (Phi) is 4.04. The van der Waals surface area contributed by atoms with E-state index in [0.29, 0.717) is 11.4 Å². The highest BCUT2D eigenvalue weighted by molar-refractivity contribution is 7.92. The summed E-state index contributed by atoms with van der Waals surface area (Å²) >= 11 is 0. The normalized spacial score (nSPS) is 11.2. The predicted molar refractivity (Wildman–Crippen MR) is 79.4 cm³/mol. The van der Waals surface area contributed by atoms with Gasteiger partial charge in [-0.25, -0.2) is 12.8 Å². The average molecular weight is 310 g/mol. The van der Waals surface area contributed by atoms with Crippen molar-refractivity contribution in [2.75, 3.05) is 24.2 Å². The van der Waals surface area contributed by atoms with E-state index in [0.717, 1.165) is 16.4 Å². The van der Waals surface area contributed by atoms with Gasteiger partial charge in [0.1, 0.15) is 11.6 Å². The molecule has 0 saturated carbocycles. The van der Waals surface area contributed by atoms with Gasteiger partial charge in [-0.1, -0.05) is 6.07 Å². The summed E-state index contributed by atoms with van der Waals surface area (Å²) in [4.78, 5) is -0.203. The molecule has 0 unspecified atom stereocenters. The van der Waals surface area contributed by atoms with E-state index >= 15 is 0 Å². The van der Waals surface area contributed by atoms with Crippen molar-refractivity contribution in [2.45, 2.75) is 4.90 Å². The van der Waals surface area contributed by atoms with E-state index in [4.69, 9.17) is 10.5 Å². The Morgan fingerprint density at radius 3 is 2.52 bits per heavy atom. The summed E-state index contributed by atoms with van der Waals surface area (Å²) in [5.41, 5.74) is 5.95. The van der Waals surface area contributed by atoms with Crippen molar-refractivity contribution < 1.29 is 17.5 Å². The molecule has 21 heavy (non-hydrogen) atoms. The van der Waals surface area contributed by atoms with E-state index in [1.807, 2.05) is 0 Å². The second-order valence-electron chi connectivity index (χ2n) is 4.39. The summed E-state index contributed by atoms with van der Waals surface area (Å²) in [6.45, 7) is 0. The third-order valence-corrected chi connectivity index (χ3v) is 4.73. The van der Waals surface area contributed by atoms with Gasteiger partial charge in [-0.15, -0.1) is 0 Å². The highest BCUT2D eigenvalue weighted by Crippen LogP contribution is 2.26. The molecule has 0 radical (unpaired) electrons. The van der Waals surface area contributed by atoms with Crippen LogP contribution in [0.5, 0.6) is 5.75 Å². The lowest BCUT2D eigenvalue weighted by Crippen LogP contribution is -2.26. The van der Waals surface area contributed by atoms with Crippen LogP contribution in [-0.4, -0.2) is 22.6 Å². The number of nitrogens with two attached hydrogens (primary N) is 1. The summed E-state index contributed by atoms with van der Waals surface area (Å²) in [6.07, 6.45) is 0. The Balaban J connectivity index is 2.47. The molecule has 0 amide bonds. The largest absolute Gasteiger partial charge is 0.497 e. The zero-order chi connectivity index (χ0) is 15.6. The van der Waals surface area contributed by atoms with Crippen molar-refractivity contribution >= 4 is 21.4 Å². The fraction of sp³-hybridized carbons (Fsp3) is 0.143. The number of nitrogen functional groups attached to an aromatic ring is 1. The maximum Gasteiger partial charge on any atom is 0.264 e. The van der Waals surface area contributed by atoms with Crippen molar-refractivity contribution in [2.24, 2.45) is 0 Å². The van der Waals surface area contributed by atoms with E-state index in [1.165, 1.54) is 20.2 Å². The van der Waals surface area contributed by atoms with Gasteiger partial charge in [0, 0.05) is 18.8 Å². The fourth-order valence-electron chi connectivity index (χ4n) is 1.84. The summed E-state index contributed by atoms with van der Waals surface area (Å²) in [5, 5.41) is 0.